The van der Waals surface area contributed by atoms with Crippen LogP contribution in [0.5, 0.6) is 0 Å². The van der Waals surface area contributed by atoms with E-state index in [0.29, 0.717) is 11.7 Å². The van der Waals surface area contributed by atoms with Crippen LogP contribution in [0.25, 0.3) is 0 Å². The lowest BCUT2D eigenvalue weighted by atomic mass is 9.97. The molecule has 2 atom stereocenters. The Morgan fingerprint density at radius 1 is 1.35 bits per heavy atom. The second-order valence-electron chi connectivity index (χ2n) is 6.29. The molecule has 7 nitrogen and oxygen atoms in total. The van der Waals surface area contributed by atoms with Crippen LogP contribution in [0.3, 0.4) is 0 Å². The normalized spacial score (nSPS) is 19.3. The molecular weight excluding hydrogens is 294 g/mol. The molecule has 0 aromatic carbocycles. The highest BCUT2D eigenvalue weighted by molar-refractivity contribution is 5.84. The molecule has 3 rings (SSSR count). The Morgan fingerprint density at radius 2 is 2.09 bits per heavy atom. The number of aromatic nitrogens is 4. The number of rotatable bonds is 3. The van der Waals surface area contributed by atoms with Crippen LogP contribution in [0.15, 0.2) is 4.52 Å². The van der Waals surface area contributed by atoms with Crippen LogP contribution in [0.2, 0.25) is 0 Å². The third-order valence-electron chi connectivity index (χ3n) is 4.75. The van der Waals surface area contributed by atoms with E-state index in [1.54, 1.807) is 6.92 Å². The molecule has 2 aromatic heterocycles. The predicted octanol–water partition coefficient (Wildman–Crippen LogP) is 2.20. The van der Waals surface area contributed by atoms with E-state index in [-0.39, 0.29) is 17.9 Å². The van der Waals surface area contributed by atoms with E-state index in [9.17, 15) is 4.79 Å². The van der Waals surface area contributed by atoms with Gasteiger partial charge in [0.2, 0.25) is 11.8 Å². The quantitative estimate of drug-likeness (QED) is 0.867. The summed E-state index contributed by atoms with van der Waals surface area (Å²) in [5, 5.41) is 8.43. The van der Waals surface area contributed by atoms with Crippen LogP contribution in [0.4, 0.5) is 0 Å². The maximum Gasteiger partial charge on any atom is 0.230 e. The number of hydrogen-bond acceptors (Lipinski definition) is 5. The van der Waals surface area contributed by atoms with Gasteiger partial charge in [0, 0.05) is 31.8 Å². The van der Waals surface area contributed by atoms with Gasteiger partial charge < -0.3 is 9.42 Å². The van der Waals surface area contributed by atoms with Crippen molar-refractivity contribution in [2.45, 2.75) is 52.5 Å². The monoisotopic (exact) mass is 317 g/mol. The highest BCUT2D eigenvalue weighted by atomic mass is 16.5. The SMILES string of the molecule is Cc1nc(C2CCCN2C(=O)C(C)c2c(C)nn(C)c2C)no1. The van der Waals surface area contributed by atoms with Gasteiger partial charge in [0.05, 0.1) is 17.7 Å². The van der Waals surface area contributed by atoms with Gasteiger partial charge in [-0.15, -0.1) is 0 Å². The van der Waals surface area contributed by atoms with Gasteiger partial charge in [0.1, 0.15) is 0 Å². The van der Waals surface area contributed by atoms with Crippen molar-refractivity contribution in [3.63, 3.8) is 0 Å². The molecular formula is C16H23N5O2. The number of nitrogens with zero attached hydrogens (tertiary/aromatic N) is 5. The molecule has 7 heteroatoms. The molecule has 0 spiro atoms. The summed E-state index contributed by atoms with van der Waals surface area (Å²) in [5.74, 6) is 1.03. The predicted molar refractivity (Wildman–Crippen MR) is 83.8 cm³/mol. The van der Waals surface area contributed by atoms with Crippen molar-refractivity contribution in [3.8, 4) is 0 Å². The van der Waals surface area contributed by atoms with Crippen molar-refractivity contribution in [1.82, 2.24) is 24.8 Å². The zero-order valence-corrected chi connectivity index (χ0v) is 14.3. The molecule has 0 aliphatic carbocycles. The minimum atomic E-state index is -0.225. The van der Waals surface area contributed by atoms with Crippen LogP contribution in [-0.2, 0) is 11.8 Å². The van der Waals surface area contributed by atoms with Crippen molar-refractivity contribution in [1.29, 1.82) is 0 Å². The average molecular weight is 317 g/mol. The van der Waals surface area contributed by atoms with E-state index in [1.807, 2.05) is 37.4 Å². The van der Waals surface area contributed by atoms with Crippen molar-refractivity contribution in [2.75, 3.05) is 6.54 Å². The van der Waals surface area contributed by atoms with Gasteiger partial charge in [-0.2, -0.15) is 10.1 Å². The van der Waals surface area contributed by atoms with E-state index in [1.165, 1.54) is 0 Å². The van der Waals surface area contributed by atoms with Crippen LogP contribution in [0, 0.1) is 20.8 Å². The first-order valence-corrected chi connectivity index (χ1v) is 8.01. The van der Waals surface area contributed by atoms with Crippen molar-refractivity contribution < 1.29 is 9.32 Å². The maximum atomic E-state index is 13.1. The summed E-state index contributed by atoms with van der Waals surface area (Å²) < 4.78 is 6.91. The highest BCUT2D eigenvalue weighted by Gasteiger charge is 2.36. The van der Waals surface area contributed by atoms with E-state index < -0.39 is 0 Å². The summed E-state index contributed by atoms with van der Waals surface area (Å²) in [5.41, 5.74) is 2.97. The second-order valence-corrected chi connectivity index (χ2v) is 6.29. The van der Waals surface area contributed by atoms with Crippen molar-refractivity contribution in [2.24, 2.45) is 7.05 Å². The van der Waals surface area contributed by atoms with Crippen LogP contribution in [0.1, 0.15) is 60.4 Å². The first-order chi connectivity index (χ1) is 10.9. The third kappa shape index (κ3) is 2.64. The first kappa shape index (κ1) is 15.7. The van der Waals surface area contributed by atoms with Crippen LogP contribution < -0.4 is 0 Å². The van der Waals surface area contributed by atoms with Gasteiger partial charge >= 0.3 is 0 Å². The number of carbonyl (C=O) groups is 1. The van der Waals surface area contributed by atoms with E-state index in [0.717, 1.165) is 36.3 Å². The molecule has 2 aromatic rings. The van der Waals surface area contributed by atoms with Gasteiger partial charge in [-0.05, 0) is 33.6 Å². The minimum Gasteiger partial charge on any atom is -0.340 e. The minimum absolute atomic E-state index is 0.0836. The summed E-state index contributed by atoms with van der Waals surface area (Å²) in [4.78, 5) is 19.3. The zero-order chi connectivity index (χ0) is 16.7. The first-order valence-electron chi connectivity index (χ1n) is 8.01. The standard InChI is InChI=1S/C16H23N5O2/c1-9(14-10(2)18-20(5)11(14)3)16(22)21-8-6-7-13(21)15-17-12(4)23-19-15/h9,13H,6-8H2,1-5H3. The lowest BCUT2D eigenvalue weighted by Crippen LogP contribution is -2.34. The Kier molecular flexibility index (Phi) is 3.95. The van der Waals surface area contributed by atoms with Crippen molar-refractivity contribution in [3.05, 3.63) is 28.7 Å². The molecule has 1 amide bonds. The number of amides is 1. The van der Waals surface area contributed by atoms with Gasteiger partial charge in [-0.25, -0.2) is 0 Å². The molecule has 2 unspecified atom stereocenters. The molecule has 0 saturated carbocycles. The molecule has 0 N–H and O–H groups in total. The molecule has 0 bridgehead atoms. The number of likely N-dealkylation sites (tertiary alicyclic amines) is 1. The summed E-state index contributed by atoms with van der Waals surface area (Å²) in [6.07, 6.45) is 1.84. The Hall–Kier alpha value is -2.18. The number of aryl methyl sites for hydroxylation is 3. The topological polar surface area (TPSA) is 77.1 Å². The van der Waals surface area contributed by atoms with Crippen LogP contribution >= 0.6 is 0 Å². The second kappa shape index (κ2) is 5.79. The van der Waals surface area contributed by atoms with Crippen molar-refractivity contribution >= 4 is 5.91 Å². The highest BCUT2D eigenvalue weighted by Crippen LogP contribution is 2.34. The summed E-state index contributed by atoms with van der Waals surface area (Å²) in [6, 6.07) is -0.0836. The fraction of sp³-hybridized carbons (Fsp3) is 0.625. The zero-order valence-electron chi connectivity index (χ0n) is 14.3. The molecule has 1 aliphatic rings. The van der Waals surface area contributed by atoms with E-state index in [4.69, 9.17) is 4.52 Å². The van der Waals surface area contributed by atoms with E-state index >= 15 is 0 Å². The van der Waals surface area contributed by atoms with E-state index in [2.05, 4.69) is 15.2 Å². The fourth-order valence-electron chi connectivity index (χ4n) is 3.54. The lowest BCUT2D eigenvalue weighted by molar-refractivity contribution is -0.133. The Bertz CT molecular complexity index is 733. The molecule has 23 heavy (non-hydrogen) atoms. The molecule has 1 fully saturated rings. The van der Waals surface area contributed by atoms with Gasteiger partial charge in [-0.1, -0.05) is 5.16 Å². The average Bonchev–Trinajstić information content (AvgIpc) is 3.19. The molecule has 1 saturated heterocycles. The largest absolute Gasteiger partial charge is 0.340 e. The Morgan fingerprint density at radius 3 is 2.65 bits per heavy atom. The molecule has 124 valence electrons. The van der Waals surface area contributed by atoms with Crippen LogP contribution in [-0.4, -0.2) is 37.3 Å². The maximum absolute atomic E-state index is 13.1. The third-order valence-corrected chi connectivity index (χ3v) is 4.75. The molecule has 3 heterocycles. The number of hydrogen-bond donors (Lipinski definition) is 0. The Labute approximate surface area is 135 Å². The summed E-state index contributed by atoms with van der Waals surface area (Å²) >= 11 is 0. The Balaban J connectivity index is 1.86. The van der Waals surface area contributed by atoms with Gasteiger partial charge in [0.25, 0.3) is 0 Å². The number of carbonyl (C=O) groups excluding carboxylic acids is 1. The lowest BCUT2D eigenvalue weighted by Gasteiger charge is -2.26. The molecule has 1 aliphatic heterocycles. The summed E-state index contributed by atoms with van der Waals surface area (Å²) in [7, 11) is 1.91. The fourth-order valence-corrected chi connectivity index (χ4v) is 3.54. The smallest absolute Gasteiger partial charge is 0.230 e. The van der Waals surface area contributed by atoms with Gasteiger partial charge in [-0.3, -0.25) is 9.48 Å². The molecule has 0 radical (unpaired) electrons. The summed E-state index contributed by atoms with van der Waals surface area (Å²) in [6.45, 7) is 8.41. The van der Waals surface area contributed by atoms with Gasteiger partial charge in [0.15, 0.2) is 5.82 Å².